The smallest absolute Gasteiger partial charge is 0.270 e. The maximum atomic E-state index is 13.0. The lowest BCUT2D eigenvalue weighted by Crippen LogP contribution is -2.39. The highest BCUT2D eigenvalue weighted by molar-refractivity contribution is 6.18. The number of pyridine rings is 1. The van der Waals surface area contributed by atoms with Crippen LogP contribution in [0.2, 0.25) is 0 Å². The van der Waals surface area contributed by atoms with E-state index in [-0.39, 0.29) is 17.7 Å². The van der Waals surface area contributed by atoms with Crippen molar-refractivity contribution < 1.29 is 9.90 Å². The first-order chi connectivity index (χ1) is 13.8. The maximum absolute atomic E-state index is 13.0. The summed E-state index contributed by atoms with van der Waals surface area (Å²) in [6.45, 7) is 4.78. The molecule has 0 aliphatic rings. The van der Waals surface area contributed by atoms with Crippen LogP contribution in [-0.4, -0.2) is 52.1 Å². The molecule has 0 spiro atoms. The number of hydrogen-bond donors (Lipinski definition) is 2. The molecule has 6 heteroatoms. The summed E-state index contributed by atoms with van der Waals surface area (Å²) in [5.74, 6) is 0.0505. The average Bonchev–Trinajstić information content (AvgIpc) is 2.94. The van der Waals surface area contributed by atoms with Crippen LogP contribution in [0.1, 0.15) is 23.0 Å². The highest BCUT2D eigenvalue weighted by Crippen LogP contribution is 2.39. The number of phenols is 1. The number of amides is 1. The minimum atomic E-state index is -0.187. The molecular weight excluding hydrogens is 364 g/mol. The second kappa shape index (κ2) is 7.04. The monoisotopic (exact) mass is 390 g/mol. The molecule has 2 aromatic carbocycles. The van der Waals surface area contributed by atoms with Gasteiger partial charge in [0.25, 0.3) is 5.91 Å². The molecule has 6 nitrogen and oxygen atoms in total. The zero-order chi connectivity index (χ0) is 20.9. The summed E-state index contributed by atoms with van der Waals surface area (Å²) >= 11 is 0. The van der Waals surface area contributed by atoms with E-state index >= 15 is 0 Å². The van der Waals surface area contributed by atoms with Crippen LogP contribution in [0.25, 0.3) is 32.6 Å². The molecule has 150 valence electrons. The third-order valence-electron chi connectivity index (χ3n) is 5.51. The quantitative estimate of drug-likeness (QED) is 0.559. The van der Waals surface area contributed by atoms with Gasteiger partial charge in [0.15, 0.2) is 0 Å². The first-order valence-electron chi connectivity index (χ1n) is 9.73. The predicted octanol–water partition coefficient (Wildman–Crippen LogP) is 3.57. The first-order valence-corrected chi connectivity index (χ1v) is 9.73. The van der Waals surface area contributed by atoms with Gasteiger partial charge in [-0.1, -0.05) is 6.07 Å². The summed E-state index contributed by atoms with van der Waals surface area (Å²) in [6, 6.07) is 9.47. The summed E-state index contributed by atoms with van der Waals surface area (Å²) in [7, 11) is 5.96. The second-order valence-corrected chi connectivity index (χ2v) is 8.02. The Morgan fingerprint density at radius 3 is 2.72 bits per heavy atom. The van der Waals surface area contributed by atoms with E-state index in [1.165, 1.54) is 0 Å². The topological polar surface area (TPSA) is 70.4 Å². The Labute approximate surface area is 169 Å². The number of nitrogens with one attached hydrogen (secondary N) is 1. The molecule has 1 amide bonds. The van der Waals surface area contributed by atoms with E-state index in [9.17, 15) is 9.90 Å². The van der Waals surface area contributed by atoms with E-state index in [1.807, 2.05) is 57.2 Å². The Balaban J connectivity index is 1.96. The van der Waals surface area contributed by atoms with E-state index < -0.39 is 0 Å². The van der Waals surface area contributed by atoms with Crippen molar-refractivity contribution in [1.82, 2.24) is 19.8 Å². The summed E-state index contributed by atoms with van der Waals surface area (Å²) in [5, 5.41) is 17.1. The van der Waals surface area contributed by atoms with E-state index in [0.717, 1.165) is 44.7 Å². The molecule has 0 fully saturated rings. The normalized spacial score (nSPS) is 12.9. The van der Waals surface area contributed by atoms with Gasteiger partial charge < -0.3 is 19.9 Å². The van der Waals surface area contributed by atoms with Crippen molar-refractivity contribution in [3.63, 3.8) is 0 Å². The van der Waals surface area contributed by atoms with Crippen LogP contribution in [0.15, 0.2) is 36.5 Å². The highest BCUT2D eigenvalue weighted by Gasteiger charge is 2.20. The van der Waals surface area contributed by atoms with Crippen LogP contribution in [0.5, 0.6) is 5.75 Å². The molecule has 2 N–H and O–H groups in total. The molecule has 29 heavy (non-hydrogen) atoms. The molecular formula is C23H26N4O2. The summed E-state index contributed by atoms with van der Waals surface area (Å²) < 4.78 is 2.10. The number of carbonyl (C=O) groups is 1. The average molecular weight is 390 g/mol. The number of rotatable bonds is 4. The van der Waals surface area contributed by atoms with Gasteiger partial charge in [-0.2, -0.15) is 0 Å². The van der Waals surface area contributed by atoms with Gasteiger partial charge in [0, 0.05) is 42.0 Å². The minimum Gasteiger partial charge on any atom is -0.507 e. The van der Waals surface area contributed by atoms with Gasteiger partial charge in [-0.15, -0.1) is 0 Å². The molecule has 2 aromatic heterocycles. The molecule has 0 aliphatic heterocycles. The number of carbonyl (C=O) groups excluding carboxylic acids is 1. The largest absolute Gasteiger partial charge is 0.507 e. The fourth-order valence-corrected chi connectivity index (χ4v) is 4.38. The highest BCUT2D eigenvalue weighted by atomic mass is 16.3. The van der Waals surface area contributed by atoms with Crippen LogP contribution >= 0.6 is 0 Å². The van der Waals surface area contributed by atoms with Gasteiger partial charge in [0.05, 0.1) is 11.0 Å². The van der Waals surface area contributed by atoms with Gasteiger partial charge in [0.1, 0.15) is 11.4 Å². The molecule has 2 heterocycles. The Hall–Kier alpha value is -3.12. The number of fused-ring (bicyclic) bond motifs is 4. The Morgan fingerprint density at radius 2 is 2.00 bits per heavy atom. The lowest BCUT2D eigenvalue weighted by Gasteiger charge is -2.18. The molecule has 0 unspecified atom stereocenters. The number of phenolic OH excluding ortho intramolecular Hbond substituents is 1. The Morgan fingerprint density at radius 1 is 1.24 bits per heavy atom. The van der Waals surface area contributed by atoms with Crippen molar-refractivity contribution in [3.8, 4) is 5.75 Å². The van der Waals surface area contributed by atoms with Crippen LogP contribution in [-0.2, 0) is 7.05 Å². The van der Waals surface area contributed by atoms with E-state index in [4.69, 9.17) is 0 Å². The Kier molecular flexibility index (Phi) is 4.67. The molecule has 0 saturated carbocycles. The fourth-order valence-electron chi connectivity index (χ4n) is 4.38. The number of aromatic hydroxyl groups is 1. The lowest BCUT2D eigenvalue weighted by atomic mass is 9.99. The van der Waals surface area contributed by atoms with Gasteiger partial charge in [0.2, 0.25) is 0 Å². The molecule has 0 aliphatic carbocycles. The molecule has 0 saturated heterocycles. The van der Waals surface area contributed by atoms with E-state index in [2.05, 4.69) is 21.8 Å². The van der Waals surface area contributed by atoms with Crippen LogP contribution < -0.4 is 5.32 Å². The zero-order valence-electron chi connectivity index (χ0n) is 17.4. The Bertz CT molecular complexity index is 1260. The van der Waals surface area contributed by atoms with Gasteiger partial charge in [-0.25, -0.2) is 0 Å². The number of aryl methyl sites for hydroxylation is 2. The number of nitrogens with zero attached hydrogens (tertiary/aromatic N) is 3. The zero-order valence-corrected chi connectivity index (χ0v) is 17.4. The maximum Gasteiger partial charge on any atom is 0.270 e. The van der Waals surface area contributed by atoms with Gasteiger partial charge in [-0.05, 0) is 63.2 Å². The number of benzene rings is 2. The van der Waals surface area contributed by atoms with Crippen molar-refractivity contribution in [3.05, 3.63) is 47.8 Å². The van der Waals surface area contributed by atoms with Crippen molar-refractivity contribution in [1.29, 1.82) is 0 Å². The summed E-state index contributed by atoms with van der Waals surface area (Å²) in [6.07, 6.45) is 1.69. The van der Waals surface area contributed by atoms with E-state index in [1.54, 1.807) is 12.3 Å². The number of hydrogen-bond acceptors (Lipinski definition) is 4. The minimum absolute atomic E-state index is 0.000911. The fraction of sp³-hybridized carbons (Fsp3) is 0.304. The van der Waals surface area contributed by atoms with Crippen molar-refractivity contribution >= 4 is 38.5 Å². The molecule has 0 bridgehead atoms. The standard InChI is InChI=1S/C23H26N4O2/c1-13(12-26(3)4)25-23(29)21-16-11-17-20-18(7-6-8-19(20)28)27(5)22(17)14(2)15(16)9-10-24-21/h6-11,13,28H,12H2,1-5H3,(H,25,29)/t13-/m1/s1. The summed E-state index contributed by atoms with van der Waals surface area (Å²) in [5.41, 5.74) is 3.48. The van der Waals surface area contributed by atoms with Crippen molar-refractivity contribution in [2.24, 2.45) is 7.05 Å². The second-order valence-electron chi connectivity index (χ2n) is 8.02. The SMILES string of the molecule is Cc1c2ccnc(C(=O)N[C@H](C)CN(C)C)c2cc2c3c(O)cccc3n(C)c12. The third-order valence-corrected chi connectivity index (χ3v) is 5.51. The third kappa shape index (κ3) is 3.09. The lowest BCUT2D eigenvalue weighted by molar-refractivity contribution is 0.0931. The first kappa shape index (κ1) is 19.2. The van der Waals surface area contributed by atoms with Gasteiger partial charge >= 0.3 is 0 Å². The number of likely N-dealkylation sites (N-methyl/N-ethyl adjacent to an activating group) is 1. The molecule has 0 radical (unpaired) electrons. The van der Waals surface area contributed by atoms with Crippen LogP contribution in [0.4, 0.5) is 0 Å². The van der Waals surface area contributed by atoms with Crippen LogP contribution in [0, 0.1) is 6.92 Å². The number of aromatic nitrogens is 2. The predicted molar refractivity (Wildman–Crippen MR) is 118 cm³/mol. The molecule has 4 rings (SSSR count). The summed E-state index contributed by atoms with van der Waals surface area (Å²) in [4.78, 5) is 19.4. The van der Waals surface area contributed by atoms with Crippen molar-refractivity contribution in [2.75, 3.05) is 20.6 Å². The molecule has 4 aromatic rings. The molecule has 1 atom stereocenters. The van der Waals surface area contributed by atoms with E-state index in [0.29, 0.717) is 5.69 Å². The van der Waals surface area contributed by atoms with Crippen molar-refractivity contribution in [2.45, 2.75) is 19.9 Å². The van der Waals surface area contributed by atoms with Gasteiger partial charge in [-0.3, -0.25) is 9.78 Å². The van der Waals surface area contributed by atoms with Crippen LogP contribution in [0.3, 0.4) is 0 Å².